The molecule has 0 saturated heterocycles. The molecule has 0 N–H and O–H groups in total. The average molecular weight is 272 g/mol. The van der Waals surface area contributed by atoms with Crippen LogP contribution in [-0.4, -0.2) is 0 Å². The number of halogens is 2. The van der Waals surface area contributed by atoms with E-state index in [0.717, 1.165) is 11.1 Å². The molecule has 0 saturated carbocycles. The maximum absolute atomic E-state index is 6.22. The van der Waals surface area contributed by atoms with Gasteiger partial charge in [-0.2, -0.15) is 0 Å². The molecular formula is C16H9Cl2. The molecule has 0 aliphatic rings. The summed E-state index contributed by atoms with van der Waals surface area (Å²) in [6, 6.07) is 21.1. The highest BCUT2D eigenvalue weighted by atomic mass is 35.5. The fourth-order valence-corrected chi connectivity index (χ4v) is 2.39. The first-order valence-electron chi connectivity index (χ1n) is 5.60. The zero-order chi connectivity index (χ0) is 12.5. The topological polar surface area (TPSA) is 0 Å². The Kier molecular flexibility index (Phi) is 2.99. The highest BCUT2D eigenvalue weighted by Gasteiger charge is 2.07. The summed E-state index contributed by atoms with van der Waals surface area (Å²) >= 11 is 12.2. The highest BCUT2D eigenvalue weighted by molar-refractivity contribution is 6.43. The minimum Gasteiger partial charge on any atom is -0.0827 e. The summed E-state index contributed by atoms with van der Waals surface area (Å²) in [6.07, 6.45) is 0. The van der Waals surface area contributed by atoms with Gasteiger partial charge in [-0.15, -0.1) is 0 Å². The second kappa shape index (κ2) is 4.64. The fraction of sp³-hybridized carbons (Fsp3) is 0. The van der Waals surface area contributed by atoms with E-state index < -0.39 is 0 Å². The van der Waals surface area contributed by atoms with Gasteiger partial charge in [0.2, 0.25) is 0 Å². The van der Waals surface area contributed by atoms with Crippen molar-refractivity contribution in [2.45, 2.75) is 0 Å². The van der Waals surface area contributed by atoms with Gasteiger partial charge in [0.05, 0.1) is 10.0 Å². The number of benzene rings is 3. The third-order valence-electron chi connectivity index (χ3n) is 2.92. The molecule has 0 bridgehead atoms. The molecule has 0 aromatic heterocycles. The Bertz CT molecular complexity index is 717. The van der Waals surface area contributed by atoms with Crippen molar-refractivity contribution in [1.29, 1.82) is 0 Å². The Labute approximate surface area is 116 Å². The van der Waals surface area contributed by atoms with E-state index in [-0.39, 0.29) is 0 Å². The predicted octanol–water partition coefficient (Wildman–Crippen LogP) is 5.61. The molecular weight excluding hydrogens is 263 g/mol. The van der Waals surface area contributed by atoms with E-state index in [2.05, 4.69) is 30.3 Å². The largest absolute Gasteiger partial charge is 0.0827 e. The normalized spacial score (nSPS) is 10.8. The third kappa shape index (κ3) is 1.98. The van der Waals surface area contributed by atoms with E-state index in [1.807, 2.05) is 18.2 Å². The van der Waals surface area contributed by atoms with Crippen LogP contribution in [0.25, 0.3) is 21.9 Å². The second-order valence-corrected chi connectivity index (χ2v) is 4.86. The summed E-state index contributed by atoms with van der Waals surface area (Å²) in [6.45, 7) is 0. The number of hydrogen-bond acceptors (Lipinski definition) is 0. The van der Waals surface area contributed by atoms with Crippen molar-refractivity contribution in [3.05, 3.63) is 70.7 Å². The second-order valence-electron chi connectivity index (χ2n) is 4.08. The van der Waals surface area contributed by atoms with Crippen molar-refractivity contribution in [3.63, 3.8) is 0 Å². The predicted molar refractivity (Wildman–Crippen MR) is 78.2 cm³/mol. The molecule has 18 heavy (non-hydrogen) atoms. The van der Waals surface area contributed by atoms with Crippen molar-refractivity contribution >= 4 is 34.0 Å². The number of fused-ring (bicyclic) bond motifs is 1. The number of rotatable bonds is 1. The van der Waals surface area contributed by atoms with Gasteiger partial charge in [0.25, 0.3) is 0 Å². The van der Waals surface area contributed by atoms with Crippen molar-refractivity contribution in [2.24, 2.45) is 0 Å². The van der Waals surface area contributed by atoms with Crippen molar-refractivity contribution in [3.8, 4) is 11.1 Å². The summed E-state index contributed by atoms with van der Waals surface area (Å²) in [7, 11) is 0. The molecule has 3 aromatic rings. The molecule has 0 unspecified atom stereocenters. The Balaban J connectivity index is 2.22. The van der Waals surface area contributed by atoms with Crippen molar-refractivity contribution in [1.82, 2.24) is 0 Å². The van der Waals surface area contributed by atoms with Crippen molar-refractivity contribution < 1.29 is 0 Å². The third-order valence-corrected chi connectivity index (χ3v) is 3.73. The van der Waals surface area contributed by atoms with Crippen LogP contribution in [0.2, 0.25) is 10.0 Å². The molecule has 3 rings (SSSR count). The Morgan fingerprint density at radius 2 is 1.61 bits per heavy atom. The fourth-order valence-electron chi connectivity index (χ4n) is 2.01. The summed E-state index contributed by atoms with van der Waals surface area (Å²) < 4.78 is 0. The van der Waals surface area contributed by atoms with Gasteiger partial charge < -0.3 is 0 Å². The lowest BCUT2D eigenvalue weighted by Gasteiger charge is -2.07. The van der Waals surface area contributed by atoms with Gasteiger partial charge in [-0.05, 0) is 34.5 Å². The lowest BCUT2D eigenvalue weighted by molar-refractivity contribution is 1.63. The molecule has 0 aliphatic carbocycles. The molecule has 1 radical (unpaired) electrons. The first kappa shape index (κ1) is 11.6. The molecule has 0 heterocycles. The van der Waals surface area contributed by atoms with Crippen LogP contribution in [0.3, 0.4) is 0 Å². The van der Waals surface area contributed by atoms with Gasteiger partial charge in [-0.25, -0.2) is 0 Å². The minimum absolute atomic E-state index is 0.550. The van der Waals surface area contributed by atoms with Crippen LogP contribution < -0.4 is 0 Å². The molecule has 0 aliphatic heterocycles. The first-order valence-corrected chi connectivity index (χ1v) is 6.36. The van der Waals surface area contributed by atoms with Crippen LogP contribution in [-0.2, 0) is 0 Å². The summed E-state index contributed by atoms with van der Waals surface area (Å²) in [5, 5.41) is 3.49. The standard InChI is InChI=1S/C16H9Cl2/c17-15-7-3-6-14(16(15)18)13-9-8-11-4-1-2-5-12(11)10-13/h1-5,7-10H. The van der Waals surface area contributed by atoms with E-state index in [1.165, 1.54) is 10.8 Å². The van der Waals surface area contributed by atoms with Crippen LogP contribution in [0.5, 0.6) is 0 Å². The van der Waals surface area contributed by atoms with E-state index in [4.69, 9.17) is 23.2 Å². The molecule has 0 nitrogen and oxygen atoms in total. The Morgan fingerprint density at radius 3 is 2.44 bits per heavy atom. The molecule has 87 valence electrons. The molecule has 0 fully saturated rings. The summed E-state index contributed by atoms with van der Waals surface area (Å²) in [5.41, 5.74) is 1.87. The summed E-state index contributed by atoms with van der Waals surface area (Å²) in [5.74, 6) is 0. The highest BCUT2D eigenvalue weighted by Crippen LogP contribution is 2.34. The van der Waals surface area contributed by atoms with Crippen LogP contribution in [0.1, 0.15) is 0 Å². The molecule has 0 atom stereocenters. The van der Waals surface area contributed by atoms with Crippen LogP contribution in [0.4, 0.5) is 0 Å². The lowest BCUT2D eigenvalue weighted by atomic mass is 10.0. The van der Waals surface area contributed by atoms with Gasteiger partial charge in [-0.3, -0.25) is 0 Å². The first-order chi connectivity index (χ1) is 8.75. The maximum atomic E-state index is 6.22. The zero-order valence-corrected chi connectivity index (χ0v) is 11.0. The molecule has 3 aromatic carbocycles. The monoisotopic (exact) mass is 271 g/mol. The van der Waals surface area contributed by atoms with Gasteiger partial charge in [-0.1, -0.05) is 65.7 Å². The quantitative estimate of drug-likeness (QED) is 0.539. The van der Waals surface area contributed by atoms with Crippen molar-refractivity contribution in [2.75, 3.05) is 0 Å². The van der Waals surface area contributed by atoms with E-state index in [9.17, 15) is 0 Å². The smallest absolute Gasteiger partial charge is 0.0676 e. The summed E-state index contributed by atoms with van der Waals surface area (Å²) in [4.78, 5) is 0. The molecule has 0 spiro atoms. The van der Waals surface area contributed by atoms with E-state index >= 15 is 0 Å². The lowest BCUT2D eigenvalue weighted by Crippen LogP contribution is -1.82. The van der Waals surface area contributed by atoms with Crippen LogP contribution >= 0.6 is 23.2 Å². The van der Waals surface area contributed by atoms with Crippen LogP contribution in [0.15, 0.2) is 54.6 Å². The average Bonchev–Trinajstić information content (AvgIpc) is 2.41. The Morgan fingerprint density at radius 1 is 0.833 bits per heavy atom. The van der Waals surface area contributed by atoms with Crippen LogP contribution in [0, 0.1) is 6.07 Å². The van der Waals surface area contributed by atoms with Gasteiger partial charge in [0, 0.05) is 5.56 Å². The van der Waals surface area contributed by atoms with E-state index in [1.54, 1.807) is 12.1 Å². The van der Waals surface area contributed by atoms with Gasteiger partial charge >= 0.3 is 0 Å². The molecule has 2 heteroatoms. The maximum Gasteiger partial charge on any atom is 0.0676 e. The zero-order valence-electron chi connectivity index (χ0n) is 9.45. The minimum atomic E-state index is 0.550. The van der Waals surface area contributed by atoms with Gasteiger partial charge in [0.1, 0.15) is 0 Å². The van der Waals surface area contributed by atoms with Gasteiger partial charge in [0.15, 0.2) is 0 Å². The molecule has 0 amide bonds. The van der Waals surface area contributed by atoms with E-state index in [0.29, 0.717) is 10.0 Å². The Hall–Kier alpha value is -1.50. The number of hydrogen-bond donors (Lipinski definition) is 0. The SMILES string of the molecule is Clc1cc[c]c(-c2ccc3ccccc3c2)c1Cl.